The molecule has 1 aliphatic heterocycles. The molecule has 0 radical (unpaired) electrons. The second-order valence-electron chi connectivity index (χ2n) is 6.89. The van der Waals surface area contributed by atoms with Crippen LogP contribution < -0.4 is 14.8 Å². The van der Waals surface area contributed by atoms with E-state index in [0.29, 0.717) is 28.6 Å². The van der Waals surface area contributed by atoms with Gasteiger partial charge in [0.15, 0.2) is 10.6 Å². The Morgan fingerprint density at radius 2 is 2.38 bits per heavy atom. The van der Waals surface area contributed by atoms with E-state index < -0.39 is 6.04 Å². The Labute approximate surface area is 177 Å². The number of nitrogens with one attached hydrogen (secondary N) is 2. The van der Waals surface area contributed by atoms with Crippen LogP contribution in [0.4, 0.5) is 5.69 Å². The largest absolute Gasteiger partial charge is 0.492 e. The first kappa shape index (κ1) is 19.7. The summed E-state index contributed by atoms with van der Waals surface area (Å²) < 4.78 is 13.7. The van der Waals surface area contributed by atoms with Crippen LogP contribution in [0.25, 0.3) is 10.7 Å². The van der Waals surface area contributed by atoms with Gasteiger partial charge in [-0.25, -0.2) is 0 Å². The number of anilines is 1. The summed E-state index contributed by atoms with van der Waals surface area (Å²) in [6.45, 7) is 6.24. The minimum absolute atomic E-state index is 0.113. The first-order valence-corrected chi connectivity index (χ1v) is 10.7. The third-order valence-corrected chi connectivity index (χ3v) is 5.92. The van der Waals surface area contributed by atoms with Gasteiger partial charge in [0.1, 0.15) is 23.6 Å². The highest BCUT2D eigenvalue weighted by atomic mass is 32.1. The monoisotopic (exact) mass is 430 g/mol. The number of benzene rings is 1. The Kier molecular flexibility index (Phi) is 5.42. The van der Waals surface area contributed by atoms with Gasteiger partial charge in [0.2, 0.25) is 5.91 Å². The van der Waals surface area contributed by atoms with Gasteiger partial charge in [0, 0.05) is 18.1 Å². The molecule has 152 valence electrons. The molecule has 29 heavy (non-hydrogen) atoms. The highest BCUT2D eigenvalue weighted by Gasteiger charge is 2.25. The molecule has 0 saturated heterocycles. The van der Waals surface area contributed by atoms with Gasteiger partial charge in [0.25, 0.3) is 0 Å². The van der Waals surface area contributed by atoms with E-state index in [1.807, 2.05) is 43.5 Å². The maximum atomic E-state index is 13.1. The maximum absolute atomic E-state index is 13.1. The summed E-state index contributed by atoms with van der Waals surface area (Å²) in [6, 6.07) is 7.10. The Balaban J connectivity index is 1.63. The molecule has 4 rings (SSSR count). The van der Waals surface area contributed by atoms with Gasteiger partial charge in [-0.05, 0) is 50.5 Å². The molecular weight excluding hydrogens is 408 g/mol. The van der Waals surface area contributed by atoms with E-state index in [-0.39, 0.29) is 12.0 Å². The normalized spacial score (nSPS) is 16.2. The molecule has 2 atom stereocenters. The zero-order valence-electron chi connectivity index (χ0n) is 16.4. The molecule has 3 heterocycles. The summed E-state index contributed by atoms with van der Waals surface area (Å²) in [5, 5.41) is 12.0. The summed E-state index contributed by atoms with van der Waals surface area (Å²) in [7, 11) is 0. The SMILES string of the molecule is CCOc1cc2c(cc1NC(=O)C(C)n1c(-c3cccs3)n[nH]c1=S)OC(C)C2. The number of aromatic nitrogens is 3. The number of hydrogen-bond donors (Lipinski definition) is 2. The third kappa shape index (κ3) is 3.79. The Bertz CT molecular complexity index is 1090. The van der Waals surface area contributed by atoms with Crippen LogP contribution in [0.15, 0.2) is 29.6 Å². The van der Waals surface area contributed by atoms with Crippen molar-refractivity contribution in [2.24, 2.45) is 0 Å². The topological polar surface area (TPSA) is 81.2 Å². The number of aromatic amines is 1. The van der Waals surface area contributed by atoms with Crippen LogP contribution in [0.2, 0.25) is 0 Å². The zero-order valence-corrected chi connectivity index (χ0v) is 18.0. The molecule has 1 amide bonds. The van der Waals surface area contributed by atoms with E-state index >= 15 is 0 Å². The number of thiophene rings is 1. The van der Waals surface area contributed by atoms with Crippen molar-refractivity contribution in [3.8, 4) is 22.2 Å². The minimum Gasteiger partial charge on any atom is -0.492 e. The van der Waals surface area contributed by atoms with Gasteiger partial charge in [-0.3, -0.25) is 14.5 Å². The number of amides is 1. The predicted octanol–water partition coefficient (Wildman–Crippen LogP) is 4.59. The lowest BCUT2D eigenvalue weighted by Crippen LogP contribution is -2.24. The van der Waals surface area contributed by atoms with E-state index in [9.17, 15) is 4.79 Å². The second kappa shape index (κ2) is 8.00. The summed E-state index contributed by atoms with van der Waals surface area (Å²) >= 11 is 6.92. The average Bonchev–Trinajstić information content (AvgIpc) is 3.40. The van der Waals surface area contributed by atoms with Crippen molar-refractivity contribution in [2.75, 3.05) is 11.9 Å². The third-order valence-electron chi connectivity index (χ3n) is 4.77. The van der Waals surface area contributed by atoms with Crippen molar-refractivity contribution in [1.82, 2.24) is 14.8 Å². The number of carbonyl (C=O) groups excluding carboxylic acids is 1. The van der Waals surface area contributed by atoms with E-state index in [2.05, 4.69) is 15.5 Å². The standard InChI is InChI=1S/C20H22N4O3S2/c1-4-26-16-9-13-8-11(2)27-15(13)10-14(16)21-19(25)12(3)24-18(22-23-20(24)28)17-6-5-7-29-17/h5-7,9-12H,4,8H2,1-3H3,(H,21,25)(H,23,28). The molecule has 0 aliphatic carbocycles. The van der Waals surface area contributed by atoms with E-state index in [1.165, 1.54) is 0 Å². The number of hydrogen-bond acceptors (Lipinski definition) is 6. The fourth-order valence-electron chi connectivity index (χ4n) is 3.41. The molecule has 2 N–H and O–H groups in total. The number of nitrogens with zero attached hydrogens (tertiary/aromatic N) is 2. The van der Waals surface area contributed by atoms with Gasteiger partial charge in [0.05, 0.1) is 17.2 Å². The summed E-state index contributed by atoms with van der Waals surface area (Å²) in [6.07, 6.45) is 0.941. The van der Waals surface area contributed by atoms with Crippen molar-refractivity contribution in [3.63, 3.8) is 0 Å². The zero-order chi connectivity index (χ0) is 20.5. The van der Waals surface area contributed by atoms with Gasteiger partial charge >= 0.3 is 0 Å². The quantitative estimate of drug-likeness (QED) is 0.559. The highest BCUT2D eigenvalue weighted by Crippen LogP contribution is 2.38. The van der Waals surface area contributed by atoms with E-state index in [0.717, 1.165) is 22.6 Å². The smallest absolute Gasteiger partial charge is 0.247 e. The number of H-pyrrole nitrogens is 1. The van der Waals surface area contributed by atoms with Crippen LogP contribution in [0, 0.1) is 4.77 Å². The van der Waals surface area contributed by atoms with Crippen LogP contribution in [0.3, 0.4) is 0 Å². The number of ether oxygens (including phenoxy) is 2. The second-order valence-corrected chi connectivity index (χ2v) is 8.22. The van der Waals surface area contributed by atoms with Gasteiger partial charge < -0.3 is 14.8 Å². The number of carbonyl (C=O) groups is 1. The molecule has 0 fully saturated rings. The van der Waals surface area contributed by atoms with Crippen molar-refractivity contribution < 1.29 is 14.3 Å². The molecule has 1 aromatic carbocycles. The predicted molar refractivity (Wildman–Crippen MR) is 115 cm³/mol. The number of fused-ring (bicyclic) bond motifs is 1. The van der Waals surface area contributed by atoms with Gasteiger partial charge in [-0.15, -0.1) is 11.3 Å². The van der Waals surface area contributed by atoms with Gasteiger partial charge in [-0.1, -0.05) is 6.07 Å². The van der Waals surface area contributed by atoms with E-state index in [1.54, 1.807) is 22.8 Å². The first-order chi connectivity index (χ1) is 14.0. The molecule has 2 aromatic heterocycles. The molecule has 3 aromatic rings. The van der Waals surface area contributed by atoms with E-state index in [4.69, 9.17) is 21.7 Å². The lowest BCUT2D eigenvalue weighted by Gasteiger charge is -2.18. The van der Waals surface area contributed by atoms with Gasteiger partial charge in [-0.2, -0.15) is 5.10 Å². The molecular formula is C20H22N4O3S2. The molecule has 9 heteroatoms. The lowest BCUT2D eigenvalue weighted by atomic mass is 10.1. The summed E-state index contributed by atoms with van der Waals surface area (Å²) in [5.41, 5.74) is 1.67. The van der Waals surface area contributed by atoms with Crippen LogP contribution in [0.1, 0.15) is 32.4 Å². The van der Waals surface area contributed by atoms with Crippen molar-refractivity contribution >= 4 is 35.1 Å². The fourth-order valence-corrected chi connectivity index (χ4v) is 4.41. The maximum Gasteiger partial charge on any atom is 0.247 e. The number of rotatable bonds is 6. The Hall–Kier alpha value is -2.65. The minimum atomic E-state index is -0.569. The lowest BCUT2D eigenvalue weighted by molar-refractivity contribution is -0.118. The van der Waals surface area contributed by atoms with Crippen LogP contribution >= 0.6 is 23.6 Å². The summed E-state index contributed by atoms with van der Waals surface area (Å²) in [5.74, 6) is 1.85. The molecule has 7 nitrogen and oxygen atoms in total. The van der Waals surface area contributed by atoms with Crippen molar-refractivity contribution in [2.45, 2.75) is 39.3 Å². The van der Waals surface area contributed by atoms with Crippen LogP contribution in [0.5, 0.6) is 11.5 Å². The fraction of sp³-hybridized carbons (Fsp3) is 0.350. The molecule has 0 spiro atoms. The molecule has 0 bridgehead atoms. The Morgan fingerprint density at radius 1 is 1.55 bits per heavy atom. The van der Waals surface area contributed by atoms with Crippen LogP contribution in [-0.4, -0.2) is 33.4 Å². The first-order valence-electron chi connectivity index (χ1n) is 9.46. The highest BCUT2D eigenvalue weighted by molar-refractivity contribution is 7.71. The van der Waals surface area contributed by atoms with Crippen molar-refractivity contribution in [3.05, 3.63) is 40.0 Å². The van der Waals surface area contributed by atoms with Crippen LogP contribution in [-0.2, 0) is 11.2 Å². The summed E-state index contributed by atoms with van der Waals surface area (Å²) in [4.78, 5) is 14.0. The molecule has 0 saturated carbocycles. The molecule has 1 aliphatic rings. The Morgan fingerprint density at radius 3 is 3.10 bits per heavy atom. The average molecular weight is 431 g/mol. The molecule has 2 unspecified atom stereocenters. The van der Waals surface area contributed by atoms with Crippen molar-refractivity contribution in [1.29, 1.82) is 0 Å².